The lowest BCUT2D eigenvalue weighted by Crippen LogP contribution is -2.20. The summed E-state index contributed by atoms with van der Waals surface area (Å²) >= 11 is 1.52. The molecule has 0 radical (unpaired) electrons. The number of fused-ring (bicyclic) bond motifs is 1. The summed E-state index contributed by atoms with van der Waals surface area (Å²) in [4.78, 5) is 15.2. The number of aromatic nitrogens is 3. The number of anilines is 4. The number of ether oxygens (including phenoxy) is 1. The van der Waals surface area contributed by atoms with Gasteiger partial charge in [-0.2, -0.15) is 0 Å². The van der Waals surface area contributed by atoms with Crippen molar-refractivity contribution in [1.82, 2.24) is 15.0 Å². The molecule has 28 heavy (non-hydrogen) atoms. The Labute approximate surface area is 166 Å². The maximum absolute atomic E-state index is 6.35. The van der Waals surface area contributed by atoms with Crippen LogP contribution < -0.4 is 20.7 Å². The standard InChI is InChI=1S/C20H20N6OS/c1-26(11-13-6-4-3-5-7-13)19-17(21)18(22-12-23-19)25-20-24-15-9-8-14(27-2)10-16(15)28-20/h3-10,12H,11,21H2,1-2H3,(H,22,23,24,25). The van der Waals surface area contributed by atoms with Crippen molar-refractivity contribution >= 4 is 44.0 Å². The molecule has 0 atom stereocenters. The average Bonchev–Trinajstić information content (AvgIpc) is 3.11. The average molecular weight is 392 g/mol. The maximum Gasteiger partial charge on any atom is 0.189 e. The molecule has 2 aromatic heterocycles. The van der Waals surface area contributed by atoms with E-state index in [1.54, 1.807) is 7.11 Å². The normalized spacial score (nSPS) is 10.8. The van der Waals surface area contributed by atoms with Crippen LogP contribution in [-0.4, -0.2) is 29.1 Å². The van der Waals surface area contributed by atoms with Crippen LogP contribution in [0.2, 0.25) is 0 Å². The number of nitrogens with zero attached hydrogens (tertiary/aromatic N) is 4. The van der Waals surface area contributed by atoms with E-state index in [-0.39, 0.29) is 0 Å². The molecule has 3 N–H and O–H groups in total. The molecule has 4 aromatic rings. The van der Waals surface area contributed by atoms with Crippen LogP contribution in [0.25, 0.3) is 10.2 Å². The van der Waals surface area contributed by atoms with Crippen molar-refractivity contribution in [2.45, 2.75) is 6.54 Å². The van der Waals surface area contributed by atoms with Crippen LogP contribution >= 0.6 is 11.3 Å². The lowest BCUT2D eigenvalue weighted by atomic mass is 10.2. The molecule has 0 saturated carbocycles. The van der Waals surface area contributed by atoms with Gasteiger partial charge in [-0.25, -0.2) is 15.0 Å². The summed E-state index contributed by atoms with van der Waals surface area (Å²) in [5.41, 5.74) is 8.91. The summed E-state index contributed by atoms with van der Waals surface area (Å²) in [5, 5.41) is 3.94. The Morgan fingerprint density at radius 2 is 1.96 bits per heavy atom. The summed E-state index contributed by atoms with van der Waals surface area (Å²) in [6.45, 7) is 0.697. The number of nitrogens with two attached hydrogens (primary N) is 1. The Hall–Kier alpha value is -3.39. The fraction of sp³-hybridized carbons (Fsp3) is 0.150. The molecule has 4 rings (SSSR count). The van der Waals surface area contributed by atoms with Crippen LogP contribution in [0.4, 0.5) is 22.5 Å². The second-order valence-electron chi connectivity index (χ2n) is 6.28. The van der Waals surface area contributed by atoms with E-state index >= 15 is 0 Å². The minimum atomic E-state index is 0.484. The molecule has 0 aliphatic carbocycles. The number of methoxy groups -OCH3 is 1. The van der Waals surface area contributed by atoms with E-state index < -0.39 is 0 Å². The first-order valence-corrected chi connectivity index (χ1v) is 9.53. The smallest absolute Gasteiger partial charge is 0.189 e. The molecular formula is C20H20N6OS. The highest BCUT2D eigenvalue weighted by molar-refractivity contribution is 7.22. The van der Waals surface area contributed by atoms with E-state index in [1.165, 1.54) is 23.2 Å². The van der Waals surface area contributed by atoms with Gasteiger partial charge in [0.25, 0.3) is 0 Å². The monoisotopic (exact) mass is 392 g/mol. The van der Waals surface area contributed by atoms with Crippen LogP contribution in [0, 0.1) is 0 Å². The third-order valence-corrected chi connectivity index (χ3v) is 5.24. The second-order valence-corrected chi connectivity index (χ2v) is 7.31. The number of thiazole rings is 1. The predicted molar refractivity (Wildman–Crippen MR) is 114 cm³/mol. The van der Waals surface area contributed by atoms with Crippen LogP contribution in [0.5, 0.6) is 5.75 Å². The molecule has 0 fully saturated rings. The predicted octanol–water partition coefficient (Wildman–Crippen LogP) is 4.06. The molecule has 8 heteroatoms. The van der Waals surface area contributed by atoms with Gasteiger partial charge in [0.15, 0.2) is 16.8 Å². The van der Waals surface area contributed by atoms with Crippen molar-refractivity contribution in [1.29, 1.82) is 0 Å². The van der Waals surface area contributed by atoms with E-state index in [4.69, 9.17) is 10.5 Å². The van der Waals surface area contributed by atoms with E-state index in [0.717, 1.165) is 16.0 Å². The molecule has 0 saturated heterocycles. The lowest BCUT2D eigenvalue weighted by molar-refractivity contribution is 0.415. The van der Waals surface area contributed by atoms with E-state index in [9.17, 15) is 0 Å². The van der Waals surface area contributed by atoms with Gasteiger partial charge in [-0.1, -0.05) is 41.7 Å². The van der Waals surface area contributed by atoms with Gasteiger partial charge in [-0.05, 0) is 23.8 Å². The zero-order valence-corrected chi connectivity index (χ0v) is 16.4. The van der Waals surface area contributed by atoms with Crippen molar-refractivity contribution in [3.63, 3.8) is 0 Å². The van der Waals surface area contributed by atoms with Crippen molar-refractivity contribution in [3.8, 4) is 5.75 Å². The number of hydrogen-bond donors (Lipinski definition) is 2. The van der Waals surface area contributed by atoms with Gasteiger partial charge in [0, 0.05) is 13.6 Å². The zero-order valence-electron chi connectivity index (χ0n) is 15.6. The van der Waals surface area contributed by atoms with Crippen LogP contribution in [-0.2, 0) is 6.54 Å². The highest BCUT2D eigenvalue weighted by Gasteiger charge is 2.14. The van der Waals surface area contributed by atoms with E-state index in [2.05, 4.69) is 32.4 Å². The minimum absolute atomic E-state index is 0.484. The molecule has 0 aliphatic heterocycles. The SMILES string of the molecule is COc1ccc2nc(Nc3ncnc(N(C)Cc4ccccc4)c3N)sc2c1. The number of rotatable bonds is 6. The molecule has 0 spiro atoms. The number of hydrogen-bond acceptors (Lipinski definition) is 8. The quantitative estimate of drug-likeness (QED) is 0.511. The molecule has 0 bridgehead atoms. The molecule has 7 nitrogen and oxygen atoms in total. The molecule has 2 heterocycles. The fourth-order valence-corrected chi connectivity index (χ4v) is 3.80. The number of nitrogen functional groups attached to an aromatic ring is 1. The first kappa shape index (κ1) is 18.0. The fourth-order valence-electron chi connectivity index (χ4n) is 2.91. The maximum atomic E-state index is 6.35. The second kappa shape index (κ2) is 7.69. The van der Waals surface area contributed by atoms with Gasteiger partial charge < -0.3 is 20.7 Å². The summed E-state index contributed by atoms with van der Waals surface area (Å²) in [6.07, 6.45) is 1.51. The third kappa shape index (κ3) is 3.67. The van der Waals surface area contributed by atoms with Crippen LogP contribution in [0.1, 0.15) is 5.56 Å². The van der Waals surface area contributed by atoms with Gasteiger partial charge in [0.2, 0.25) is 0 Å². The molecule has 2 aromatic carbocycles. The minimum Gasteiger partial charge on any atom is -0.497 e. The highest BCUT2D eigenvalue weighted by atomic mass is 32.1. The molecule has 0 amide bonds. The van der Waals surface area contributed by atoms with Gasteiger partial charge >= 0.3 is 0 Å². The van der Waals surface area contributed by atoms with E-state index in [1.807, 2.05) is 48.3 Å². The summed E-state index contributed by atoms with van der Waals surface area (Å²) < 4.78 is 6.30. The Morgan fingerprint density at radius 3 is 2.75 bits per heavy atom. The zero-order chi connectivity index (χ0) is 19.5. The summed E-state index contributed by atoms with van der Waals surface area (Å²) in [6, 6.07) is 16.0. The van der Waals surface area contributed by atoms with Crippen molar-refractivity contribution in [2.75, 3.05) is 30.1 Å². The van der Waals surface area contributed by atoms with Gasteiger partial charge in [-0.3, -0.25) is 0 Å². The van der Waals surface area contributed by atoms with Gasteiger partial charge in [-0.15, -0.1) is 0 Å². The Bertz CT molecular complexity index is 1100. The first-order chi connectivity index (χ1) is 13.6. The molecule has 0 aliphatic rings. The molecule has 0 unspecified atom stereocenters. The largest absolute Gasteiger partial charge is 0.497 e. The molecular weight excluding hydrogens is 372 g/mol. The number of nitrogens with one attached hydrogen (secondary N) is 1. The van der Waals surface area contributed by atoms with Gasteiger partial charge in [0.1, 0.15) is 17.8 Å². The summed E-state index contributed by atoms with van der Waals surface area (Å²) in [7, 11) is 3.61. The topological polar surface area (TPSA) is 89.2 Å². The van der Waals surface area contributed by atoms with Gasteiger partial charge in [0.05, 0.1) is 17.3 Å². The Morgan fingerprint density at radius 1 is 1.14 bits per heavy atom. The van der Waals surface area contributed by atoms with Crippen LogP contribution in [0.15, 0.2) is 54.9 Å². The van der Waals surface area contributed by atoms with Crippen molar-refractivity contribution in [3.05, 3.63) is 60.4 Å². The highest BCUT2D eigenvalue weighted by Crippen LogP contribution is 2.33. The Kier molecular flexibility index (Phi) is 4.94. The molecule has 142 valence electrons. The number of benzene rings is 2. The first-order valence-electron chi connectivity index (χ1n) is 8.71. The van der Waals surface area contributed by atoms with Crippen molar-refractivity contribution in [2.24, 2.45) is 0 Å². The summed E-state index contributed by atoms with van der Waals surface area (Å²) in [5.74, 6) is 2.01. The third-order valence-electron chi connectivity index (χ3n) is 4.31. The Balaban J connectivity index is 1.58. The lowest BCUT2D eigenvalue weighted by Gasteiger charge is -2.20. The van der Waals surface area contributed by atoms with Crippen LogP contribution in [0.3, 0.4) is 0 Å². The van der Waals surface area contributed by atoms with E-state index in [0.29, 0.717) is 29.0 Å². The van der Waals surface area contributed by atoms with Crippen molar-refractivity contribution < 1.29 is 4.74 Å².